The number of carbonyl (C=O) groups is 3. The van der Waals surface area contributed by atoms with Gasteiger partial charge in [0.2, 0.25) is 5.91 Å². The van der Waals surface area contributed by atoms with Crippen LogP contribution in [0.4, 0.5) is 5.69 Å². The van der Waals surface area contributed by atoms with Crippen molar-refractivity contribution >= 4 is 23.4 Å². The molecule has 5 heteroatoms. The number of amides is 3. The number of benzene rings is 2. The Balaban J connectivity index is 1.39. The zero-order valence-electron chi connectivity index (χ0n) is 13.9. The Labute approximate surface area is 146 Å². The molecule has 0 unspecified atom stereocenters. The van der Waals surface area contributed by atoms with Crippen LogP contribution in [0.1, 0.15) is 46.4 Å². The highest BCUT2D eigenvalue weighted by Gasteiger charge is 2.34. The number of anilines is 1. The number of carbonyl (C=O) groups excluding carboxylic acids is 3. The number of hydrogen-bond acceptors (Lipinski definition) is 3. The molecule has 2 aromatic rings. The molecule has 3 amide bonds. The Morgan fingerprint density at radius 3 is 2.04 bits per heavy atom. The minimum absolute atomic E-state index is 0.0214. The van der Waals surface area contributed by atoms with E-state index in [1.54, 1.807) is 24.3 Å². The number of rotatable bonds is 7. The zero-order chi connectivity index (χ0) is 17.6. The van der Waals surface area contributed by atoms with Gasteiger partial charge in [-0.2, -0.15) is 0 Å². The Kier molecular flexibility index (Phi) is 5.23. The molecule has 1 aliphatic rings. The lowest BCUT2D eigenvalue weighted by atomic mass is 10.1. The lowest BCUT2D eigenvalue weighted by Gasteiger charge is -2.13. The summed E-state index contributed by atoms with van der Waals surface area (Å²) < 4.78 is 0. The van der Waals surface area contributed by atoms with Crippen molar-refractivity contribution in [1.82, 2.24) is 4.90 Å². The lowest BCUT2D eigenvalue weighted by molar-refractivity contribution is -0.116. The SMILES string of the molecule is O=C(CCCCCN1C(=O)c2ccccc2C1=O)Nc1ccccc1. The molecule has 0 aliphatic carbocycles. The molecule has 128 valence electrons. The summed E-state index contributed by atoms with van der Waals surface area (Å²) in [5, 5.41) is 2.84. The van der Waals surface area contributed by atoms with Crippen LogP contribution in [0.2, 0.25) is 0 Å². The van der Waals surface area contributed by atoms with E-state index in [2.05, 4.69) is 5.32 Å². The van der Waals surface area contributed by atoms with E-state index in [0.29, 0.717) is 30.5 Å². The van der Waals surface area contributed by atoms with Gasteiger partial charge >= 0.3 is 0 Å². The molecule has 0 spiro atoms. The van der Waals surface area contributed by atoms with Crippen molar-refractivity contribution in [3.8, 4) is 0 Å². The minimum atomic E-state index is -0.220. The Morgan fingerprint density at radius 2 is 1.40 bits per heavy atom. The summed E-state index contributed by atoms with van der Waals surface area (Å²) >= 11 is 0. The van der Waals surface area contributed by atoms with Gasteiger partial charge in [-0.25, -0.2) is 0 Å². The van der Waals surface area contributed by atoms with Crippen LogP contribution in [0.5, 0.6) is 0 Å². The molecule has 1 aliphatic heterocycles. The molecule has 0 saturated heterocycles. The molecular weight excluding hydrogens is 316 g/mol. The molecule has 5 nitrogen and oxygen atoms in total. The number of nitrogens with zero attached hydrogens (tertiary/aromatic N) is 1. The molecule has 0 fully saturated rings. The number of unbranched alkanes of at least 4 members (excludes halogenated alkanes) is 2. The number of fused-ring (bicyclic) bond motifs is 1. The van der Waals surface area contributed by atoms with Gasteiger partial charge in [-0.3, -0.25) is 19.3 Å². The quantitative estimate of drug-likeness (QED) is 0.622. The van der Waals surface area contributed by atoms with Crippen molar-refractivity contribution < 1.29 is 14.4 Å². The molecular formula is C20H20N2O3. The minimum Gasteiger partial charge on any atom is -0.326 e. The first kappa shape index (κ1) is 16.9. The predicted molar refractivity (Wildman–Crippen MR) is 95.3 cm³/mol. The number of imide groups is 1. The third-order valence-electron chi connectivity index (χ3n) is 4.22. The standard InChI is InChI=1S/C20H20N2O3/c23-18(21-15-9-3-1-4-10-15)13-5-2-8-14-22-19(24)16-11-6-7-12-17(16)20(22)25/h1,3-4,6-7,9-12H,2,5,8,13-14H2,(H,21,23). The molecule has 0 saturated carbocycles. The number of para-hydroxylation sites is 1. The molecule has 0 bridgehead atoms. The third-order valence-corrected chi connectivity index (χ3v) is 4.22. The second-order valence-corrected chi connectivity index (χ2v) is 6.03. The largest absolute Gasteiger partial charge is 0.326 e. The van der Waals surface area contributed by atoms with Gasteiger partial charge in [0, 0.05) is 18.7 Å². The first-order valence-corrected chi connectivity index (χ1v) is 8.47. The molecule has 0 atom stereocenters. The summed E-state index contributed by atoms with van der Waals surface area (Å²) in [5.41, 5.74) is 1.75. The van der Waals surface area contributed by atoms with Crippen LogP contribution in [0, 0.1) is 0 Å². The van der Waals surface area contributed by atoms with Crippen LogP contribution >= 0.6 is 0 Å². The second-order valence-electron chi connectivity index (χ2n) is 6.03. The van der Waals surface area contributed by atoms with Crippen molar-refractivity contribution in [2.45, 2.75) is 25.7 Å². The number of hydrogen-bond donors (Lipinski definition) is 1. The van der Waals surface area contributed by atoms with E-state index < -0.39 is 0 Å². The van der Waals surface area contributed by atoms with Crippen LogP contribution in [0.25, 0.3) is 0 Å². The first-order chi connectivity index (χ1) is 12.2. The van der Waals surface area contributed by atoms with E-state index >= 15 is 0 Å². The topological polar surface area (TPSA) is 66.5 Å². The fourth-order valence-corrected chi connectivity index (χ4v) is 2.92. The van der Waals surface area contributed by atoms with Gasteiger partial charge in [-0.15, -0.1) is 0 Å². The van der Waals surface area contributed by atoms with Gasteiger partial charge < -0.3 is 5.32 Å². The normalized spacial score (nSPS) is 13.0. The average molecular weight is 336 g/mol. The highest BCUT2D eigenvalue weighted by atomic mass is 16.2. The number of nitrogens with one attached hydrogen (secondary N) is 1. The van der Waals surface area contributed by atoms with Crippen molar-refractivity contribution in [2.75, 3.05) is 11.9 Å². The van der Waals surface area contributed by atoms with E-state index in [0.717, 1.165) is 18.5 Å². The van der Waals surface area contributed by atoms with E-state index in [9.17, 15) is 14.4 Å². The maximum atomic E-state index is 12.2. The van der Waals surface area contributed by atoms with E-state index in [1.165, 1.54) is 4.90 Å². The molecule has 25 heavy (non-hydrogen) atoms. The van der Waals surface area contributed by atoms with Gasteiger partial charge in [0.15, 0.2) is 0 Å². The average Bonchev–Trinajstić information content (AvgIpc) is 2.87. The fraction of sp³-hybridized carbons (Fsp3) is 0.250. The summed E-state index contributed by atoms with van der Waals surface area (Å²) in [7, 11) is 0. The summed E-state index contributed by atoms with van der Waals surface area (Å²) in [5.74, 6) is -0.461. The Bertz CT molecular complexity index is 752. The maximum Gasteiger partial charge on any atom is 0.261 e. The Hall–Kier alpha value is -2.95. The van der Waals surface area contributed by atoms with Gasteiger partial charge in [0.05, 0.1) is 11.1 Å². The van der Waals surface area contributed by atoms with Crippen LogP contribution in [0.15, 0.2) is 54.6 Å². The summed E-state index contributed by atoms with van der Waals surface area (Å²) in [6, 6.07) is 16.2. The van der Waals surface area contributed by atoms with Crippen LogP contribution in [-0.2, 0) is 4.79 Å². The van der Waals surface area contributed by atoms with Crippen LogP contribution in [0.3, 0.4) is 0 Å². The molecule has 3 rings (SSSR count). The molecule has 1 heterocycles. The van der Waals surface area contributed by atoms with Gasteiger partial charge in [0.1, 0.15) is 0 Å². The van der Waals surface area contributed by atoms with Gasteiger partial charge in [-0.05, 0) is 37.1 Å². The monoisotopic (exact) mass is 336 g/mol. The van der Waals surface area contributed by atoms with E-state index in [4.69, 9.17) is 0 Å². The van der Waals surface area contributed by atoms with Gasteiger partial charge in [-0.1, -0.05) is 36.8 Å². The molecule has 0 aromatic heterocycles. The maximum absolute atomic E-state index is 12.2. The summed E-state index contributed by atoms with van der Waals surface area (Å²) in [4.78, 5) is 37.6. The van der Waals surface area contributed by atoms with Crippen molar-refractivity contribution in [3.63, 3.8) is 0 Å². The summed E-state index contributed by atoms with van der Waals surface area (Å²) in [6.45, 7) is 0.395. The predicted octanol–water partition coefficient (Wildman–Crippen LogP) is 3.48. The van der Waals surface area contributed by atoms with E-state index in [1.807, 2.05) is 30.3 Å². The van der Waals surface area contributed by atoms with Crippen molar-refractivity contribution in [3.05, 3.63) is 65.7 Å². The highest BCUT2D eigenvalue weighted by Crippen LogP contribution is 2.22. The molecule has 1 N–H and O–H groups in total. The first-order valence-electron chi connectivity index (χ1n) is 8.47. The molecule has 0 radical (unpaired) electrons. The Morgan fingerprint density at radius 1 is 0.800 bits per heavy atom. The van der Waals surface area contributed by atoms with Crippen LogP contribution < -0.4 is 5.32 Å². The molecule has 2 aromatic carbocycles. The van der Waals surface area contributed by atoms with Gasteiger partial charge in [0.25, 0.3) is 11.8 Å². The summed E-state index contributed by atoms with van der Waals surface area (Å²) in [6.07, 6.45) is 2.64. The third kappa shape index (κ3) is 3.94. The van der Waals surface area contributed by atoms with Crippen molar-refractivity contribution in [2.24, 2.45) is 0 Å². The van der Waals surface area contributed by atoms with Crippen LogP contribution in [-0.4, -0.2) is 29.2 Å². The fourth-order valence-electron chi connectivity index (χ4n) is 2.92. The zero-order valence-corrected chi connectivity index (χ0v) is 13.9. The van der Waals surface area contributed by atoms with Crippen molar-refractivity contribution in [1.29, 1.82) is 0 Å². The van der Waals surface area contributed by atoms with E-state index in [-0.39, 0.29) is 17.7 Å². The smallest absolute Gasteiger partial charge is 0.261 e. The second kappa shape index (κ2) is 7.75. The highest BCUT2D eigenvalue weighted by molar-refractivity contribution is 6.21. The lowest BCUT2D eigenvalue weighted by Crippen LogP contribution is -2.30.